The molecule has 19 atom stereocenters. The number of fused-ring (bicyclic) bond motifs is 1. The molecule has 64 heavy (non-hydrogen) atoms. The highest BCUT2D eigenvalue weighted by Gasteiger charge is 2.61. The van der Waals surface area contributed by atoms with Gasteiger partial charge in [-0.25, -0.2) is 4.79 Å². The molecule has 368 valence electrons. The summed E-state index contributed by atoms with van der Waals surface area (Å²) in [5.74, 6) is -5.19. The number of ketones is 1. The van der Waals surface area contributed by atoms with Crippen molar-refractivity contribution in [2.24, 2.45) is 29.4 Å². The van der Waals surface area contributed by atoms with E-state index in [-0.39, 0.29) is 43.7 Å². The Morgan fingerprint density at radius 3 is 1.98 bits per heavy atom. The van der Waals surface area contributed by atoms with Gasteiger partial charge in [0.25, 0.3) is 0 Å². The number of rotatable bonds is 12. The quantitative estimate of drug-likeness (QED) is 0.213. The van der Waals surface area contributed by atoms with E-state index in [9.17, 15) is 24.0 Å². The Morgan fingerprint density at radius 1 is 0.859 bits per heavy atom. The van der Waals surface area contributed by atoms with E-state index in [0.29, 0.717) is 6.42 Å². The summed E-state index contributed by atoms with van der Waals surface area (Å²) in [5.41, 5.74) is 2.43. The Kier molecular flexibility index (Phi) is 17.9. The summed E-state index contributed by atoms with van der Waals surface area (Å²) in [7, 11) is 6.83. The number of hydrogen-bond acceptors (Lipinski definition) is 17. The minimum atomic E-state index is -1.45. The molecule has 4 fully saturated rings. The summed E-state index contributed by atoms with van der Waals surface area (Å²) in [4.78, 5) is 71.9. The fourth-order valence-corrected chi connectivity index (χ4v) is 10.8. The van der Waals surface area contributed by atoms with E-state index in [4.69, 9.17) is 53.1 Å². The average Bonchev–Trinajstić information content (AvgIpc) is 3.46. The molecule has 4 aliphatic heterocycles. The Hall–Kier alpha value is -2.97. The van der Waals surface area contributed by atoms with Crippen molar-refractivity contribution in [1.29, 1.82) is 0 Å². The minimum absolute atomic E-state index is 0.0955. The van der Waals surface area contributed by atoms with E-state index < -0.39 is 126 Å². The van der Waals surface area contributed by atoms with Gasteiger partial charge in [0, 0.05) is 64.8 Å². The van der Waals surface area contributed by atoms with Crippen LogP contribution in [0.3, 0.4) is 0 Å². The molecule has 2 N–H and O–H groups in total. The van der Waals surface area contributed by atoms with E-state index in [1.54, 1.807) is 41.5 Å². The first kappa shape index (κ1) is 53.6. The van der Waals surface area contributed by atoms with Gasteiger partial charge in [-0.15, -0.1) is 0 Å². The van der Waals surface area contributed by atoms with E-state index in [1.165, 1.54) is 33.0 Å². The van der Waals surface area contributed by atoms with Crippen LogP contribution in [0.25, 0.3) is 0 Å². The zero-order valence-corrected chi connectivity index (χ0v) is 41.4. The van der Waals surface area contributed by atoms with Crippen LogP contribution in [0.4, 0.5) is 4.79 Å². The lowest BCUT2D eigenvalue weighted by Crippen LogP contribution is -2.62. The zero-order valence-electron chi connectivity index (χ0n) is 41.4. The maximum atomic E-state index is 14.9. The highest BCUT2D eigenvalue weighted by molar-refractivity contribution is 5.85. The number of methoxy groups -OCH3 is 2. The van der Waals surface area contributed by atoms with Crippen LogP contribution in [-0.4, -0.2) is 165 Å². The first-order chi connectivity index (χ1) is 29.7. The zero-order chi connectivity index (χ0) is 48.4. The van der Waals surface area contributed by atoms with Gasteiger partial charge in [-0.1, -0.05) is 27.7 Å². The lowest BCUT2D eigenvalue weighted by atomic mass is 9.73. The highest BCUT2D eigenvalue weighted by atomic mass is 16.7. The average molecular weight is 914 g/mol. The van der Waals surface area contributed by atoms with Gasteiger partial charge in [0.15, 0.2) is 30.4 Å². The Bertz CT molecular complexity index is 1650. The smallest absolute Gasteiger partial charge is 0.410 e. The molecular weight excluding hydrogens is 835 g/mol. The maximum absolute atomic E-state index is 14.9. The molecule has 18 nitrogen and oxygen atoms in total. The number of esters is 3. The fraction of sp³-hybridized carbons (Fsp3) is 0.891. The first-order valence-electron chi connectivity index (χ1n) is 22.9. The summed E-state index contributed by atoms with van der Waals surface area (Å²) in [6, 6.07) is -1.61. The van der Waals surface area contributed by atoms with Gasteiger partial charge in [-0.3, -0.25) is 24.1 Å². The molecule has 0 unspecified atom stereocenters. The summed E-state index contributed by atoms with van der Waals surface area (Å²) < 4.78 is 63.7. The predicted molar refractivity (Wildman–Crippen MR) is 233 cm³/mol. The van der Waals surface area contributed by atoms with Gasteiger partial charge < -0.3 is 58.0 Å². The molecule has 0 spiro atoms. The summed E-state index contributed by atoms with van der Waals surface area (Å²) in [6.07, 6.45) is -7.57. The van der Waals surface area contributed by atoms with Crippen LogP contribution in [-0.2, 0) is 66.5 Å². The van der Waals surface area contributed by atoms with Crippen LogP contribution in [0, 0.1) is 23.7 Å². The van der Waals surface area contributed by atoms with Gasteiger partial charge in [0.2, 0.25) is 0 Å². The van der Waals surface area contributed by atoms with Gasteiger partial charge in [0.05, 0.1) is 48.0 Å². The van der Waals surface area contributed by atoms with Crippen molar-refractivity contribution >= 4 is 29.8 Å². The second-order valence-corrected chi connectivity index (χ2v) is 19.8. The standard InChI is InChI=1S/C46H79N3O15/c1-18-33-46(13)38(49(22-24(3)47)43(54)64-46)26(5)35(52)23(2)20-44(11,55-16)39(63-42-37(59-30(9)50)32(48(14)15)19-25(4)57-42)27(6)36(28(7)41(53)61-33)62-34-21-45(12,56-17)40(29(8)58-34)60-31(10)51/h23-29,32-34,36-40,42H,18-22,47H2,1-17H3/t23-,24+,25-,26+,27+,28-,29+,32+,33-,34+,36+,37-,38-,39-,40+,42+,44-,45-,46-/m1/s1. The normalized spacial score (nSPS) is 43.1. The van der Waals surface area contributed by atoms with Crippen LogP contribution in [0.15, 0.2) is 0 Å². The van der Waals surface area contributed by atoms with Gasteiger partial charge in [-0.05, 0) is 81.8 Å². The Balaban J connectivity index is 1.95. The number of nitrogens with two attached hydrogens (primary N) is 1. The van der Waals surface area contributed by atoms with Crippen LogP contribution in [0.5, 0.6) is 0 Å². The number of carbonyl (C=O) groups is 5. The molecule has 0 aromatic carbocycles. The van der Waals surface area contributed by atoms with Crippen molar-refractivity contribution in [3.63, 3.8) is 0 Å². The molecule has 0 aromatic rings. The second-order valence-electron chi connectivity index (χ2n) is 19.8. The van der Waals surface area contributed by atoms with Crippen molar-refractivity contribution in [2.45, 2.75) is 206 Å². The summed E-state index contributed by atoms with van der Waals surface area (Å²) in [6.45, 7) is 22.5. The van der Waals surface area contributed by atoms with Crippen LogP contribution in [0.2, 0.25) is 0 Å². The van der Waals surface area contributed by atoms with E-state index >= 15 is 0 Å². The summed E-state index contributed by atoms with van der Waals surface area (Å²) in [5, 5.41) is 0. The third kappa shape index (κ3) is 11.4. The lowest BCUT2D eigenvalue weighted by molar-refractivity contribution is -0.320. The molecule has 0 bridgehead atoms. The number of hydrogen-bond donors (Lipinski definition) is 1. The fourth-order valence-electron chi connectivity index (χ4n) is 10.8. The highest BCUT2D eigenvalue weighted by Crippen LogP contribution is 2.45. The molecular formula is C46H79N3O15. The lowest BCUT2D eigenvalue weighted by Gasteiger charge is -2.50. The van der Waals surface area contributed by atoms with Crippen molar-refractivity contribution in [3.8, 4) is 0 Å². The van der Waals surface area contributed by atoms with Crippen molar-refractivity contribution in [3.05, 3.63) is 0 Å². The Labute approximate surface area is 380 Å². The number of carbonyl (C=O) groups excluding carboxylic acids is 5. The topological polar surface area (TPSA) is 210 Å². The minimum Gasteiger partial charge on any atom is -0.458 e. The van der Waals surface area contributed by atoms with Gasteiger partial charge in [0.1, 0.15) is 17.5 Å². The Morgan fingerprint density at radius 2 is 1.45 bits per heavy atom. The molecule has 1 amide bonds. The number of likely N-dealkylation sites (N-methyl/N-ethyl adjacent to an activating group) is 1. The predicted octanol–water partition coefficient (Wildman–Crippen LogP) is 4.40. The molecule has 0 radical (unpaired) electrons. The third-order valence-electron chi connectivity index (χ3n) is 14.1. The van der Waals surface area contributed by atoms with Crippen molar-refractivity contribution < 1.29 is 71.3 Å². The number of cyclic esters (lactones) is 1. The molecule has 4 rings (SSSR count). The largest absolute Gasteiger partial charge is 0.458 e. The first-order valence-corrected chi connectivity index (χ1v) is 22.9. The number of Topliss-reactive ketones (excluding diaryl/α,β-unsaturated/α-hetero) is 1. The number of ether oxygens (including phenoxy) is 10. The van der Waals surface area contributed by atoms with Crippen molar-refractivity contribution in [1.82, 2.24) is 9.80 Å². The van der Waals surface area contributed by atoms with E-state index in [0.717, 1.165) is 0 Å². The number of nitrogens with zero attached hydrogens (tertiary/aromatic N) is 2. The monoisotopic (exact) mass is 914 g/mol. The SMILES string of the molecule is CC[C@H]1OC(=O)[C@H](C)[C@@H](O[C@H]2C[C@@](C)(OC)[C@@H](OC(C)=O)[C@H](C)O2)[C@H](C)[C@@H](O[C@@H]2O[C@H](C)C[C@H](N(C)C)[C@H]2OC(C)=O)[C@](C)(OC)C[C@@H](C)C(=O)[C@H](C)[C@H]2N(C[C@H](C)N)C(=O)O[C@]12C. The molecule has 4 saturated heterocycles. The molecule has 4 heterocycles. The van der Waals surface area contributed by atoms with Gasteiger partial charge in [-0.2, -0.15) is 0 Å². The summed E-state index contributed by atoms with van der Waals surface area (Å²) >= 11 is 0. The molecule has 0 aromatic heterocycles. The molecule has 0 aliphatic carbocycles. The van der Waals surface area contributed by atoms with Crippen LogP contribution < -0.4 is 5.73 Å². The maximum Gasteiger partial charge on any atom is 0.410 e. The third-order valence-corrected chi connectivity index (χ3v) is 14.1. The molecule has 4 aliphatic rings. The number of amides is 1. The molecule has 0 saturated carbocycles. The molecule has 18 heteroatoms. The van der Waals surface area contributed by atoms with Crippen molar-refractivity contribution in [2.75, 3.05) is 34.9 Å². The van der Waals surface area contributed by atoms with Gasteiger partial charge >= 0.3 is 24.0 Å². The van der Waals surface area contributed by atoms with Crippen LogP contribution in [0.1, 0.15) is 116 Å². The van der Waals surface area contributed by atoms with E-state index in [1.807, 2.05) is 53.6 Å². The van der Waals surface area contributed by atoms with E-state index in [2.05, 4.69) is 0 Å². The van der Waals surface area contributed by atoms with Crippen LogP contribution >= 0.6 is 0 Å². The second kappa shape index (κ2) is 21.3.